The molecule has 5 heteroatoms. The van der Waals surface area contributed by atoms with Crippen molar-refractivity contribution in [2.24, 2.45) is 0 Å². The number of carboxylic acids is 1. The van der Waals surface area contributed by atoms with E-state index < -0.39 is 5.97 Å². The fraction of sp³-hybridized carbons (Fsp3) is 0.571. The maximum Gasteiger partial charge on any atom is 0.341 e. The highest BCUT2D eigenvalue weighted by molar-refractivity contribution is 5.86. The fourth-order valence-corrected chi connectivity index (χ4v) is 1.75. The number of rotatable bonds is 9. The molecule has 1 atom stereocenters. The summed E-state index contributed by atoms with van der Waals surface area (Å²) in [5.74, 6) is -0.899. The zero-order chi connectivity index (χ0) is 14.1. The third-order valence-electron chi connectivity index (χ3n) is 2.82. The maximum atomic E-state index is 10.8. The molecule has 0 aliphatic rings. The Kier molecular flexibility index (Phi) is 7.07. The molecule has 106 valence electrons. The minimum absolute atomic E-state index is 0.122. The number of carboxylic acid groups (broad SMARTS) is 1. The standard InChI is InChI=1S/C14H21NO4/c1-3-13(18-2)19-10-5-4-8-15-9-6-7-12(11-15)14(16)17/h6-7,9,11,13H,3-5,8,10H2,1-2H3/p+1. The molecule has 1 aromatic rings. The third kappa shape index (κ3) is 5.81. The van der Waals surface area contributed by atoms with Crippen molar-refractivity contribution >= 4 is 5.97 Å². The van der Waals surface area contributed by atoms with Crippen molar-refractivity contribution in [1.29, 1.82) is 0 Å². The van der Waals surface area contributed by atoms with Gasteiger partial charge in [0.15, 0.2) is 18.7 Å². The molecule has 0 amide bonds. The third-order valence-corrected chi connectivity index (χ3v) is 2.82. The first-order valence-electron chi connectivity index (χ1n) is 6.54. The summed E-state index contributed by atoms with van der Waals surface area (Å²) in [7, 11) is 1.64. The number of aromatic carboxylic acids is 1. The number of aryl methyl sites for hydroxylation is 1. The molecule has 1 aromatic heterocycles. The van der Waals surface area contributed by atoms with Crippen molar-refractivity contribution in [3.8, 4) is 0 Å². The number of hydrogen-bond donors (Lipinski definition) is 1. The summed E-state index contributed by atoms with van der Waals surface area (Å²) in [6.07, 6.45) is 6.09. The molecule has 0 radical (unpaired) electrons. The number of nitrogens with zero attached hydrogens (tertiary/aromatic N) is 1. The Labute approximate surface area is 113 Å². The molecule has 1 heterocycles. The Morgan fingerprint density at radius 2 is 2.26 bits per heavy atom. The van der Waals surface area contributed by atoms with Gasteiger partial charge in [0, 0.05) is 26.2 Å². The summed E-state index contributed by atoms with van der Waals surface area (Å²) in [6, 6.07) is 3.34. The van der Waals surface area contributed by atoms with Crippen LogP contribution in [0.2, 0.25) is 0 Å². The highest BCUT2D eigenvalue weighted by atomic mass is 16.7. The van der Waals surface area contributed by atoms with Crippen molar-refractivity contribution in [2.75, 3.05) is 13.7 Å². The first-order chi connectivity index (χ1) is 9.17. The van der Waals surface area contributed by atoms with Gasteiger partial charge in [-0.05, 0) is 18.9 Å². The van der Waals surface area contributed by atoms with Crippen LogP contribution in [0.3, 0.4) is 0 Å². The Morgan fingerprint density at radius 3 is 2.89 bits per heavy atom. The SMILES string of the molecule is CCC(OC)OCCCC[n+]1cccc(C(=O)O)c1. The van der Waals surface area contributed by atoms with Crippen LogP contribution in [0.5, 0.6) is 0 Å². The largest absolute Gasteiger partial charge is 0.477 e. The van der Waals surface area contributed by atoms with E-state index in [-0.39, 0.29) is 6.29 Å². The maximum absolute atomic E-state index is 10.8. The minimum atomic E-state index is -0.899. The number of ether oxygens (including phenoxy) is 2. The molecule has 0 aliphatic carbocycles. The van der Waals surface area contributed by atoms with E-state index in [4.69, 9.17) is 14.6 Å². The highest BCUT2D eigenvalue weighted by Gasteiger charge is 2.08. The van der Waals surface area contributed by atoms with Crippen molar-refractivity contribution in [1.82, 2.24) is 0 Å². The number of methoxy groups -OCH3 is 1. The van der Waals surface area contributed by atoms with Gasteiger partial charge in [-0.15, -0.1) is 0 Å². The summed E-state index contributed by atoms with van der Waals surface area (Å²) in [5, 5.41) is 8.89. The van der Waals surface area contributed by atoms with Crippen LogP contribution in [0.15, 0.2) is 24.5 Å². The topological polar surface area (TPSA) is 59.6 Å². The van der Waals surface area contributed by atoms with Crippen LogP contribution in [-0.4, -0.2) is 31.1 Å². The average Bonchev–Trinajstić information content (AvgIpc) is 2.43. The second-order valence-corrected chi connectivity index (χ2v) is 4.29. The summed E-state index contributed by atoms with van der Waals surface area (Å²) in [5.41, 5.74) is 0.309. The molecule has 0 aliphatic heterocycles. The first-order valence-corrected chi connectivity index (χ1v) is 6.54. The normalized spacial score (nSPS) is 12.3. The lowest BCUT2D eigenvalue weighted by Gasteiger charge is -2.13. The van der Waals surface area contributed by atoms with Gasteiger partial charge in [0.1, 0.15) is 12.1 Å². The van der Waals surface area contributed by atoms with Crippen molar-refractivity contribution in [2.45, 2.75) is 39.0 Å². The predicted molar refractivity (Wildman–Crippen MR) is 69.9 cm³/mol. The number of unbranched alkanes of at least 4 members (excludes halogenated alkanes) is 1. The summed E-state index contributed by atoms with van der Waals surface area (Å²) in [6.45, 7) is 3.46. The average molecular weight is 268 g/mol. The second-order valence-electron chi connectivity index (χ2n) is 4.29. The van der Waals surface area contributed by atoms with E-state index in [0.29, 0.717) is 12.2 Å². The van der Waals surface area contributed by atoms with Gasteiger partial charge in [-0.3, -0.25) is 0 Å². The van der Waals surface area contributed by atoms with Crippen LogP contribution >= 0.6 is 0 Å². The van der Waals surface area contributed by atoms with E-state index in [2.05, 4.69) is 0 Å². The zero-order valence-corrected chi connectivity index (χ0v) is 11.5. The van der Waals surface area contributed by atoms with E-state index in [9.17, 15) is 4.79 Å². The van der Waals surface area contributed by atoms with Gasteiger partial charge in [-0.1, -0.05) is 6.92 Å². The Morgan fingerprint density at radius 1 is 1.47 bits per heavy atom. The van der Waals surface area contributed by atoms with Gasteiger partial charge in [0.2, 0.25) is 0 Å². The number of carbonyl (C=O) groups is 1. The molecule has 19 heavy (non-hydrogen) atoms. The van der Waals surface area contributed by atoms with E-state index in [1.165, 1.54) is 0 Å². The molecule has 0 saturated heterocycles. The van der Waals surface area contributed by atoms with Crippen molar-refractivity contribution in [3.63, 3.8) is 0 Å². The van der Waals surface area contributed by atoms with Gasteiger partial charge in [-0.2, -0.15) is 0 Å². The van der Waals surface area contributed by atoms with Gasteiger partial charge in [-0.25, -0.2) is 9.36 Å². The monoisotopic (exact) mass is 268 g/mol. The Bertz CT molecular complexity index is 391. The molecule has 1 unspecified atom stereocenters. The number of pyridine rings is 1. The lowest BCUT2D eigenvalue weighted by Crippen LogP contribution is -2.34. The number of aromatic nitrogens is 1. The summed E-state index contributed by atoms with van der Waals surface area (Å²) in [4.78, 5) is 10.8. The van der Waals surface area contributed by atoms with Gasteiger partial charge in [0.25, 0.3) is 0 Å². The lowest BCUT2D eigenvalue weighted by atomic mass is 10.2. The molecule has 0 fully saturated rings. The lowest BCUT2D eigenvalue weighted by molar-refractivity contribution is -0.697. The smallest absolute Gasteiger partial charge is 0.341 e. The van der Waals surface area contributed by atoms with Crippen LogP contribution in [0.4, 0.5) is 0 Å². The van der Waals surface area contributed by atoms with E-state index in [1.54, 1.807) is 25.4 Å². The van der Waals surface area contributed by atoms with Crippen LogP contribution in [0.25, 0.3) is 0 Å². The minimum Gasteiger partial charge on any atom is -0.477 e. The predicted octanol–water partition coefficient (Wildman–Crippen LogP) is 1.85. The Hall–Kier alpha value is -1.46. The van der Waals surface area contributed by atoms with Gasteiger partial charge in [0.05, 0.1) is 0 Å². The van der Waals surface area contributed by atoms with Gasteiger partial charge >= 0.3 is 5.97 Å². The van der Waals surface area contributed by atoms with E-state index in [1.807, 2.05) is 17.7 Å². The van der Waals surface area contributed by atoms with E-state index >= 15 is 0 Å². The quantitative estimate of drug-likeness (QED) is 0.422. The van der Waals surface area contributed by atoms with E-state index in [0.717, 1.165) is 25.8 Å². The molecular formula is C14H22NO4+. The van der Waals surface area contributed by atoms with Crippen LogP contribution < -0.4 is 4.57 Å². The zero-order valence-electron chi connectivity index (χ0n) is 11.5. The molecule has 1 N–H and O–H groups in total. The van der Waals surface area contributed by atoms with Crippen molar-refractivity contribution < 1.29 is 23.9 Å². The highest BCUT2D eigenvalue weighted by Crippen LogP contribution is 2.01. The van der Waals surface area contributed by atoms with Crippen LogP contribution in [-0.2, 0) is 16.0 Å². The summed E-state index contributed by atoms with van der Waals surface area (Å²) < 4.78 is 12.5. The Balaban J connectivity index is 2.26. The number of hydrogen-bond acceptors (Lipinski definition) is 3. The van der Waals surface area contributed by atoms with Crippen molar-refractivity contribution in [3.05, 3.63) is 30.1 Å². The molecular weight excluding hydrogens is 246 g/mol. The molecule has 5 nitrogen and oxygen atoms in total. The van der Waals surface area contributed by atoms with Crippen LogP contribution in [0, 0.1) is 0 Å². The molecule has 0 spiro atoms. The molecule has 0 aromatic carbocycles. The molecule has 0 bridgehead atoms. The molecule has 0 saturated carbocycles. The van der Waals surface area contributed by atoms with Gasteiger partial charge < -0.3 is 14.6 Å². The molecule has 1 rings (SSSR count). The second kappa shape index (κ2) is 8.61. The van der Waals surface area contributed by atoms with Crippen LogP contribution in [0.1, 0.15) is 36.5 Å². The fourth-order valence-electron chi connectivity index (χ4n) is 1.75. The summed E-state index contributed by atoms with van der Waals surface area (Å²) >= 11 is 0. The first kappa shape index (κ1) is 15.6.